The van der Waals surface area contributed by atoms with Crippen LogP contribution in [0.15, 0.2) is 0 Å². The predicted molar refractivity (Wildman–Crippen MR) is 77.0 cm³/mol. The van der Waals surface area contributed by atoms with E-state index < -0.39 is 0 Å². The van der Waals surface area contributed by atoms with Crippen molar-refractivity contribution in [1.29, 1.82) is 0 Å². The lowest BCUT2D eigenvalue weighted by atomic mass is 10.1. The molecule has 0 saturated heterocycles. The minimum atomic E-state index is -0.221. The van der Waals surface area contributed by atoms with Crippen molar-refractivity contribution in [1.82, 2.24) is 10.2 Å². The summed E-state index contributed by atoms with van der Waals surface area (Å²) in [7, 11) is 1.81. The Morgan fingerprint density at radius 2 is 2.22 bits per heavy atom. The van der Waals surface area contributed by atoms with Gasteiger partial charge in [0.1, 0.15) is 0 Å². The second-order valence-electron chi connectivity index (χ2n) is 5.07. The topological polar surface area (TPSA) is 52.6 Å². The summed E-state index contributed by atoms with van der Waals surface area (Å²) in [5.41, 5.74) is 0. The number of aliphatic hydroxyl groups is 1. The molecule has 0 radical (unpaired) electrons. The molecule has 4 nitrogen and oxygen atoms in total. The fourth-order valence-electron chi connectivity index (χ4n) is 2.37. The lowest BCUT2D eigenvalue weighted by Gasteiger charge is -2.23. The monoisotopic (exact) mass is 274 g/mol. The average Bonchev–Trinajstić information content (AvgIpc) is 2.74. The molecule has 1 fully saturated rings. The van der Waals surface area contributed by atoms with Crippen LogP contribution in [0.1, 0.15) is 32.1 Å². The summed E-state index contributed by atoms with van der Waals surface area (Å²) in [4.78, 5) is 13.5. The van der Waals surface area contributed by atoms with E-state index >= 15 is 0 Å². The molecular formula is C13H26N2O2S. The van der Waals surface area contributed by atoms with Crippen molar-refractivity contribution in [3.8, 4) is 0 Å². The molecule has 106 valence electrons. The smallest absolute Gasteiger partial charge is 0.317 e. The van der Waals surface area contributed by atoms with E-state index in [9.17, 15) is 9.90 Å². The summed E-state index contributed by atoms with van der Waals surface area (Å²) >= 11 is 1.84. The van der Waals surface area contributed by atoms with Crippen LogP contribution < -0.4 is 5.32 Å². The number of unbranched alkanes of at least 4 members (excludes halogenated alkanes) is 1. The van der Waals surface area contributed by atoms with Gasteiger partial charge in [0.2, 0.25) is 0 Å². The first kappa shape index (κ1) is 15.6. The Kier molecular flexibility index (Phi) is 7.51. The number of urea groups is 1. The molecule has 1 saturated carbocycles. The van der Waals surface area contributed by atoms with Crippen LogP contribution in [0.3, 0.4) is 0 Å². The molecule has 0 spiro atoms. The van der Waals surface area contributed by atoms with Gasteiger partial charge in [0, 0.05) is 26.1 Å². The van der Waals surface area contributed by atoms with Gasteiger partial charge in [0.15, 0.2) is 0 Å². The van der Waals surface area contributed by atoms with Gasteiger partial charge < -0.3 is 15.3 Å². The van der Waals surface area contributed by atoms with E-state index in [2.05, 4.69) is 11.6 Å². The van der Waals surface area contributed by atoms with Crippen LogP contribution in [0.5, 0.6) is 0 Å². The van der Waals surface area contributed by atoms with Crippen LogP contribution in [0.25, 0.3) is 0 Å². The normalized spacial score (nSPS) is 23.1. The van der Waals surface area contributed by atoms with Crippen molar-refractivity contribution in [2.24, 2.45) is 5.92 Å². The Morgan fingerprint density at radius 3 is 2.83 bits per heavy atom. The third-order valence-electron chi connectivity index (χ3n) is 3.53. The molecule has 2 atom stereocenters. The van der Waals surface area contributed by atoms with Crippen molar-refractivity contribution < 1.29 is 9.90 Å². The van der Waals surface area contributed by atoms with Gasteiger partial charge in [0.05, 0.1) is 6.10 Å². The molecule has 0 aliphatic heterocycles. The van der Waals surface area contributed by atoms with Crippen LogP contribution in [0.4, 0.5) is 4.79 Å². The number of nitrogens with one attached hydrogen (secondary N) is 1. The number of carbonyl (C=O) groups is 1. The van der Waals surface area contributed by atoms with Gasteiger partial charge in [-0.25, -0.2) is 4.79 Å². The molecule has 2 unspecified atom stereocenters. The third kappa shape index (κ3) is 5.48. The van der Waals surface area contributed by atoms with Crippen LogP contribution in [0.2, 0.25) is 0 Å². The van der Waals surface area contributed by atoms with Crippen molar-refractivity contribution >= 4 is 17.8 Å². The fourth-order valence-corrected chi connectivity index (χ4v) is 2.86. The second-order valence-corrected chi connectivity index (χ2v) is 6.06. The molecule has 18 heavy (non-hydrogen) atoms. The largest absolute Gasteiger partial charge is 0.393 e. The molecule has 2 N–H and O–H groups in total. The van der Waals surface area contributed by atoms with Gasteiger partial charge in [-0.3, -0.25) is 0 Å². The summed E-state index contributed by atoms with van der Waals surface area (Å²) in [6.45, 7) is 1.41. The summed E-state index contributed by atoms with van der Waals surface area (Å²) in [6, 6.07) is -0.0155. The molecule has 0 heterocycles. The highest BCUT2D eigenvalue weighted by atomic mass is 32.2. The molecule has 1 aliphatic carbocycles. The maximum atomic E-state index is 11.8. The number of thioether (sulfide) groups is 1. The predicted octanol–water partition coefficient (Wildman–Crippen LogP) is 1.93. The number of hydrogen-bond donors (Lipinski definition) is 2. The number of hydrogen-bond acceptors (Lipinski definition) is 3. The van der Waals surface area contributed by atoms with E-state index in [0.29, 0.717) is 6.54 Å². The number of amides is 2. The first-order valence-corrected chi connectivity index (χ1v) is 8.20. The highest BCUT2D eigenvalue weighted by molar-refractivity contribution is 7.98. The standard InChI is InChI=1S/C13H26N2O2S/c1-15(10-11-6-5-7-12(11)16)13(17)14-8-3-4-9-18-2/h11-12,16H,3-10H2,1-2H3,(H,14,17). The zero-order valence-corrected chi connectivity index (χ0v) is 12.3. The minimum absolute atomic E-state index is 0.0155. The van der Waals surface area contributed by atoms with Gasteiger partial charge >= 0.3 is 6.03 Å². The van der Waals surface area contributed by atoms with Crippen LogP contribution >= 0.6 is 11.8 Å². The maximum absolute atomic E-state index is 11.8. The number of carbonyl (C=O) groups excluding carboxylic acids is 1. The Labute approximate surface area is 115 Å². The lowest BCUT2D eigenvalue weighted by Crippen LogP contribution is -2.41. The minimum Gasteiger partial charge on any atom is -0.393 e. The zero-order chi connectivity index (χ0) is 13.4. The molecule has 2 amide bonds. The number of aliphatic hydroxyl groups excluding tert-OH is 1. The van der Waals surface area contributed by atoms with Gasteiger partial charge in [-0.05, 0) is 37.7 Å². The Hall–Kier alpha value is -0.420. The highest BCUT2D eigenvalue weighted by Gasteiger charge is 2.27. The van der Waals surface area contributed by atoms with Crippen molar-refractivity contribution in [2.75, 3.05) is 32.1 Å². The Balaban J connectivity index is 2.12. The highest BCUT2D eigenvalue weighted by Crippen LogP contribution is 2.25. The van der Waals surface area contributed by atoms with Gasteiger partial charge in [-0.2, -0.15) is 11.8 Å². The van der Waals surface area contributed by atoms with Gasteiger partial charge in [-0.1, -0.05) is 6.42 Å². The maximum Gasteiger partial charge on any atom is 0.317 e. The van der Waals surface area contributed by atoms with Crippen LogP contribution in [-0.4, -0.2) is 54.3 Å². The SMILES string of the molecule is CSCCCCNC(=O)N(C)CC1CCCC1O. The van der Waals surface area contributed by atoms with Crippen molar-refractivity contribution in [2.45, 2.75) is 38.2 Å². The first-order chi connectivity index (χ1) is 8.65. The van der Waals surface area contributed by atoms with Gasteiger partial charge in [-0.15, -0.1) is 0 Å². The van der Waals surface area contributed by atoms with Gasteiger partial charge in [0.25, 0.3) is 0 Å². The lowest BCUT2D eigenvalue weighted by molar-refractivity contribution is 0.114. The molecule has 1 rings (SSSR count). The van der Waals surface area contributed by atoms with E-state index in [0.717, 1.165) is 44.4 Å². The number of nitrogens with zero attached hydrogens (tertiary/aromatic N) is 1. The molecule has 1 aliphatic rings. The van der Waals surface area contributed by atoms with E-state index in [4.69, 9.17) is 0 Å². The summed E-state index contributed by atoms with van der Waals surface area (Å²) < 4.78 is 0. The summed E-state index contributed by atoms with van der Waals surface area (Å²) in [6.07, 6.45) is 7.05. The second kappa shape index (κ2) is 8.64. The zero-order valence-electron chi connectivity index (χ0n) is 11.5. The molecule has 0 bridgehead atoms. The van der Waals surface area contributed by atoms with E-state index in [-0.39, 0.29) is 18.1 Å². The molecule has 0 aromatic carbocycles. The summed E-state index contributed by atoms with van der Waals surface area (Å²) in [5.74, 6) is 1.41. The molecule has 0 aromatic heterocycles. The Bertz CT molecular complexity index is 251. The van der Waals surface area contributed by atoms with E-state index in [1.165, 1.54) is 0 Å². The Morgan fingerprint density at radius 1 is 1.44 bits per heavy atom. The molecular weight excluding hydrogens is 248 g/mol. The number of rotatable bonds is 7. The van der Waals surface area contributed by atoms with Crippen molar-refractivity contribution in [3.63, 3.8) is 0 Å². The first-order valence-electron chi connectivity index (χ1n) is 6.81. The van der Waals surface area contributed by atoms with E-state index in [1.807, 2.05) is 18.8 Å². The fraction of sp³-hybridized carbons (Fsp3) is 0.923. The van der Waals surface area contributed by atoms with Crippen molar-refractivity contribution in [3.05, 3.63) is 0 Å². The average molecular weight is 274 g/mol. The molecule has 0 aromatic rings. The third-order valence-corrected chi connectivity index (χ3v) is 4.22. The quantitative estimate of drug-likeness (QED) is 0.698. The molecule has 5 heteroatoms. The van der Waals surface area contributed by atoms with Crippen LogP contribution in [-0.2, 0) is 0 Å². The van der Waals surface area contributed by atoms with Crippen LogP contribution in [0, 0.1) is 5.92 Å². The summed E-state index contributed by atoms with van der Waals surface area (Å²) in [5, 5.41) is 12.7. The van der Waals surface area contributed by atoms with E-state index in [1.54, 1.807) is 4.90 Å².